The van der Waals surface area contributed by atoms with Crippen molar-refractivity contribution < 1.29 is 18.7 Å². The lowest BCUT2D eigenvalue weighted by Gasteiger charge is -2.18. The SMILES string of the molecule is C=CC(=O)N[C@@H](CCSC)C(=O)Nc1ccc2ncnc(Nc3ccc(OCc4cccc(F)c4)c(Cl)c3)c2c1. The number of hydrogen-bond acceptors (Lipinski definition) is 7. The summed E-state index contributed by atoms with van der Waals surface area (Å²) in [6.07, 6.45) is 4.98. The average Bonchev–Trinajstić information content (AvgIpc) is 2.95. The molecule has 3 aromatic carbocycles. The monoisotopic (exact) mass is 579 g/mol. The van der Waals surface area contributed by atoms with E-state index in [1.54, 1.807) is 60.3 Å². The maximum absolute atomic E-state index is 13.4. The predicted octanol–water partition coefficient (Wildman–Crippen LogP) is 6.11. The number of amides is 2. The largest absolute Gasteiger partial charge is 0.487 e. The summed E-state index contributed by atoms with van der Waals surface area (Å²) in [6, 6.07) is 15.9. The molecule has 0 saturated heterocycles. The number of thioether (sulfide) groups is 1. The Kier molecular flexibility index (Phi) is 9.93. The van der Waals surface area contributed by atoms with Crippen LogP contribution in [0, 0.1) is 5.82 Å². The lowest BCUT2D eigenvalue weighted by molar-refractivity contribution is -0.123. The average molecular weight is 580 g/mol. The number of carbonyl (C=O) groups is 2. The van der Waals surface area contributed by atoms with E-state index in [0.717, 1.165) is 6.08 Å². The van der Waals surface area contributed by atoms with Crippen LogP contribution >= 0.6 is 23.4 Å². The molecule has 1 aromatic heterocycles. The summed E-state index contributed by atoms with van der Waals surface area (Å²) in [7, 11) is 0. The van der Waals surface area contributed by atoms with Gasteiger partial charge in [0.1, 0.15) is 36.4 Å². The molecule has 2 amide bonds. The summed E-state index contributed by atoms with van der Waals surface area (Å²) in [4.78, 5) is 33.5. The molecule has 11 heteroatoms. The molecule has 0 spiro atoms. The van der Waals surface area contributed by atoms with Crippen molar-refractivity contribution in [2.75, 3.05) is 22.6 Å². The summed E-state index contributed by atoms with van der Waals surface area (Å²) in [5.41, 5.74) is 2.53. The number of rotatable bonds is 12. The van der Waals surface area contributed by atoms with E-state index in [1.165, 1.54) is 18.5 Å². The van der Waals surface area contributed by atoms with Crippen molar-refractivity contribution in [2.45, 2.75) is 19.1 Å². The lowest BCUT2D eigenvalue weighted by Crippen LogP contribution is -2.43. The van der Waals surface area contributed by atoms with Crippen molar-refractivity contribution >= 4 is 63.3 Å². The number of anilines is 3. The fraction of sp³-hybridized carbons (Fsp3) is 0.172. The summed E-state index contributed by atoms with van der Waals surface area (Å²) >= 11 is 8.03. The Morgan fingerprint density at radius 2 is 1.95 bits per heavy atom. The van der Waals surface area contributed by atoms with Crippen molar-refractivity contribution in [1.29, 1.82) is 0 Å². The van der Waals surface area contributed by atoms with Crippen LogP contribution in [0.4, 0.5) is 21.6 Å². The van der Waals surface area contributed by atoms with Gasteiger partial charge in [-0.2, -0.15) is 11.8 Å². The first-order valence-corrected chi connectivity index (χ1v) is 14.0. The van der Waals surface area contributed by atoms with Crippen LogP contribution < -0.4 is 20.7 Å². The van der Waals surface area contributed by atoms with Crippen molar-refractivity contribution in [3.8, 4) is 5.75 Å². The highest BCUT2D eigenvalue weighted by atomic mass is 35.5. The maximum Gasteiger partial charge on any atom is 0.246 e. The summed E-state index contributed by atoms with van der Waals surface area (Å²) in [5, 5.41) is 9.81. The van der Waals surface area contributed by atoms with E-state index in [2.05, 4.69) is 32.5 Å². The molecule has 4 aromatic rings. The van der Waals surface area contributed by atoms with Gasteiger partial charge in [0.25, 0.3) is 0 Å². The molecule has 0 aliphatic heterocycles. The van der Waals surface area contributed by atoms with E-state index in [1.807, 2.05) is 6.26 Å². The van der Waals surface area contributed by atoms with E-state index < -0.39 is 11.9 Å². The minimum atomic E-state index is -0.706. The molecule has 0 aliphatic rings. The minimum Gasteiger partial charge on any atom is -0.487 e. The molecule has 3 N–H and O–H groups in total. The molecule has 0 bridgehead atoms. The lowest BCUT2D eigenvalue weighted by atomic mass is 10.1. The van der Waals surface area contributed by atoms with Gasteiger partial charge in [-0.3, -0.25) is 9.59 Å². The van der Waals surface area contributed by atoms with Crippen LogP contribution in [0.2, 0.25) is 5.02 Å². The Bertz CT molecular complexity index is 1540. The zero-order chi connectivity index (χ0) is 28.5. The predicted molar refractivity (Wildman–Crippen MR) is 159 cm³/mol. The molecular formula is C29H27ClFN5O3S. The number of carbonyl (C=O) groups excluding carboxylic acids is 2. The van der Waals surface area contributed by atoms with E-state index in [0.29, 0.717) is 56.6 Å². The zero-order valence-corrected chi connectivity index (χ0v) is 23.2. The molecule has 0 fully saturated rings. The van der Waals surface area contributed by atoms with Crippen LogP contribution in [0.5, 0.6) is 5.75 Å². The number of hydrogen-bond donors (Lipinski definition) is 3. The Hall–Kier alpha value is -4.15. The molecule has 0 unspecified atom stereocenters. The topological polar surface area (TPSA) is 105 Å². The van der Waals surface area contributed by atoms with Crippen LogP contribution in [-0.2, 0) is 16.2 Å². The number of fused-ring (bicyclic) bond motifs is 1. The number of ether oxygens (including phenoxy) is 1. The fourth-order valence-corrected chi connectivity index (χ4v) is 4.53. The molecule has 40 heavy (non-hydrogen) atoms. The highest BCUT2D eigenvalue weighted by Gasteiger charge is 2.20. The van der Waals surface area contributed by atoms with E-state index in [-0.39, 0.29) is 18.3 Å². The van der Waals surface area contributed by atoms with Gasteiger partial charge in [0, 0.05) is 16.8 Å². The molecule has 0 saturated carbocycles. The Morgan fingerprint density at radius 3 is 2.70 bits per heavy atom. The third-order valence-electron chi connectivity index (χ3n) is 5.81. The second kappa shape index (κ2) is 13.8. The first kappa shape index (κ1) is 28.8. The third-order valence-corrected chi connectivity index (χ3v) is 6.75. The van der Waals surface area contributed by atoms with Gasteiger partial charge < -0.3 is 20.7 Å². The van der Waals surface area contributed by atoms with Gasteiger partial charge in [-0.15, -0.1) is 0 Å². The number of halogens is 2. The fourth-order valence-electron chi connectivity index (χ4n) is 3.82. The Balaban J connectivity index is 1.49. The van der Waals surface area contributed by atoms with Gasteiger partial charge in [0.05, 0.1) is 10.5 Å². The standard InChI is InChI=1S/C29H27ClFN5O3S/c1-3-27(37)36-25(11-12-40-2)29(38)35-20-7-9-24-22(14-20)28(33-17-32-24)34-21-8-10-26(23(30)15-21)39-16-18-5-4-6-19(31)13-18/h3-10,13-15,17,25H,1,11-12,16H2,2H3,(H,35,38)(H,36,37)(H,32,33,34)/t25-/m0/s1. The van der Waals surface area contributed by atoms with Gasteiger partial charge in [0.2, 0.25) is 11.8 Å². The smallest absolute Gasteiger partial charge is 0.246 e. The van der Waals surface area contributed by atoms with Crippen molar-refractivity contribution in [3.05, 3.63) is 96.0 Å². The highest BCUT2D eigenvalue weighted by Crippen LogP contribution is 2.31. The molecular weight excluding hydrogens is 553 g/mol. The Labute approximate surface area is 240 Å². The van der Waals surface area contributed by atoms with Crippen molar-refractivity contribution in [1.82, 2.24) is 15.3 Å². The van der Waals surface area contributed by atoms with Crippen molar-refractivity contribution in [3.63, 3.8) is 0 Å². The summed E-state index contributed by atoms with van der Waals surface area (Å²) < 4.78 is 19.2. The molecule has 0 aliphatic carbocycles. The van der Waals surface area contributed by atoms with Crippen LogP contribution in [0.3, 0.4) is 0 Å². The number of nitrogens with zero attached hydrogens (tertiary/aromatic N) is 2. The molecule has 4 rings (SSSR count). The summed E-state index contributed by atoms with van der Waals surface area (Å²) in [5.74, 6) is 0.575. The van der Waals surface area contributed by atoms with Crippen LogP contribution in [0.25, 0.3) is 10.9 Å². The molecule has 8 nitrogen and oxygen atoms in total. The van der Waals surface area contributed by atoms with Gasteiger partial charge >= 0.3 is 0 Å². The van der Waals surface area contributed by atoms with Crippen LogP contribution in [-0.4, -0.2) is 39.8 Å². The minimum absolute atomic E-state index is 0.171. The Morgan fingerprint density at radius 1 is 1.12 bits per heavy atom. The van der Waals surface area contributed by atoms with Gasteiger partial charge in [-0.05, 0) is 78.6 Å². The number of nitrogens with one attached hydrogen (secondary N) is 3. The second-order valence-corrected chi connectivity index (χ2v) is 10.1. The molecule has 1 heterocycles. The van der Waals surface area contributed by atoms with Crippen molar-refractivity contribution in [2.24, 2.45) is 0 Å². The second-order valence-electron chi connectivity index (χ2n) is 8.68. The third kappa shape index (κ3) is 7.71. The van der Waals surface area contributed by atoms with Gasteiger partial charge in [-0.25, -0.2) is 14.4 Å². The molecule has 206 valence electrons. The molecule has 1 atom stereocenters. The highest BCUT2D eigenvalue weighted by molar-refractivity contribution is 7.98. The van der Waals surface area contributed by atoms with E-state index in [4.69, 9.17) is 16.3 Å². The van der Waals surface area contributed by atoms with Gasteiger partial charge in [0.15, 0.2) is 0 Å². The van der Waals surface area contributed by atoms with E-state index >= 15 is 0 Å². The maximum atomic E-state index is 13.4. The first-order valence-electron chi connectivity index (χ1n) is 12.3. The number of aromatic nitrogens is 2. The van der Waals surface area contributed by atoms with Gasteiger partial charge in [-0.1, -0.05) is 30.3 Å². The normalized spacial score (nSPS) is 11.5. The van der Waals surface area contributed by atoms with Crippen LogP contribution in [0.1, 0.15) is 12.0 Å². The summed E-state index contributed by atoms with van der Waals surface area (Å²) in [6.45, 7) is 3.62. The van der Waals surface area contributed by atoms with Crippen LogP contribution in [0.15, 0.2) is 79.6 Å². The molecule has 0 radical (unpaired) electrons. The first-order chi connectivity index (χ1) is 19.4. The quantitative estimate of drug-likeness (QED) is 0.174. The number of benzene rings is 3. The zero-order valence-electron chi connectivity index (χ0n) is 21.6. The van der Waals surface area contributed by atoms with E-state index in [9.17, 15) is 14.0 Å².